The van der Waals surface area contributed by atoms with Crippen LogP contribution in [0.4, 0.5) is 10.1 Å². The zero-order chi connectivity index (χ0) is 10.8. The molecule has 0 saturated carbocycles. The molecule has 0 radical (unpaired) electrons. The Bertz CT molecular complexity index is 428. The smallest absolute Gasteiger partial charge is 0.154 e. The van der Waals surface area contributed by atoms with Gasteiger partial charge in [0.1, 0.15) is 5.82 Å². The first-order valence-electron chi connectivity index (χ1n) is 4.19. The van der Waals surface area contributed by atoms with Crippen LogP contribution in [0.25, 0.3) is 0 Å². The third-order valence-corrected chi connectivity index (χ3v) is 3.55. The Morgan fingerprint density at radius 3 is 2.57 bits per heavy atom. The van der Waals surface area contributed by atoms with Crippen molar-refractivity contribution in [3.63, 3.8) is 0 Å². The van der Waals surface area contributed by atoms with E-state index in [1.807, 2.05) is 0 Å². The summed E-state index contributed by atoms with van der Waals surface area (Å²) in [6.07, 6.45) is 0. The summed E-state index contributed by atoms with van der Waals surface area (Å²) >= 11 is 0. The lowest BCUT2D eigenvalue weighted by atomic mass is 10.2. The highest BCUT2D eigenvalue weighted by Crippen LogP contribution is 2.16. The van der Waals surface area contributed by atoms with Crippen LogP contribution in [-0.4, -0.2) is 14.2 Å². The van der Waals surface area contributed by atoms with Crippen LogP contribution in [0.3, 0.4) is 0 Å². The Balaban J connectivity index is 2.99. The van der Waals surface area contributed by atoms with Crippen LogP contribution < -0.4 is 5.73 Å². The Morgan fingerprint density at radius 2 is 2.07 bits per heavy atom. The summed E-state index contributed by atoms with van der Waals surface area (Å²) in [5.74, 6) is -0.528. The molecule has 0 aliphatic heterocycles. The maximum Gasteiger partial charge on any atom is 0.154 e. The summed E-state index contributed by atoms with van der Waals surface area (Å²) in [4.78, 5) is 0. The second kappa shape index (κ2) is 3.96. The van der Waals surface area contributed by atoms with Gasteiger partial charge in [-0.25, -0.2) is 12.8 Å². The van der Waals surface area contributed by atoms with Crippen molar-refractivity contribution in [2.75, 3.05) is 11.5 Å². The molecule has 0 heterocycles. The number of rotatable bonds is 3. The molecule has 0 aliphatic carbocycles. The Hall–Kier alpha value is -1.10. The highest BCUT2D eigenvalue weighted by Gasteiger charge is 2.11. The molecule has 0 spiro atoms. The number of anilines is 1. The average Bonchev–Trinajstić information content (AvgIpc) is 2.10. The lowest BCUT2D eigenvalue weighted by molar-refractivity contribution is 0.596. The topological polar surface area (TPSA) is 60.2 Å². The zero-order valence-electron chi connectivity index (χ0n) is 7.83. The van der Waals surface area contributed by atoms with Gasteiger partial charge < -0.3 is 5.73 Å². The molecule has 0 unspecified atom stereocenters. The molecule has 0 bridgehead atoms. The summed E-state index contributed by atoms with van der Waals surface area (Å²) in [6.45, 7) is 1.56. The molecule has 0 amide bonds. The van der Waals surface area contributed by atoms with Gasteiger partial charge in [-0.2, -0.15) is 0 Å². The van der Waals surface area contributed by atoms with Gasteiger partial charge in [0.05, 0.1) is 5.75 Å². The van der Waals surface area contributed by atoms with Crippen LogP contribution in [0.2, 0.25) is 0 Å². The quantitative estimate of drug-likeness (QED) is 0.777. The molecule has 1 rings (SSSR count). The normalized spacial score (nSPS) is 11.6. The highest BCUT2D eigenvalue weighted by atomic mass is 32.2. The van der Waals surface area contributed by atoms with Gasteiger partial charge in [0, 0.05) is 11.4 Å². The van der Waals surface area contributed by atoms with Crippen LogP contribution >= 0.6 is 0 Å². The zero-order valence-corrected chi connectivity index (χ0v) is 8.64. The summed E-state index contributed by atoms with van der Waals surface area (Å²) in [6, 6.07) is 3.73. The van der Waals surface area contributed by atoms with Crippen molar-refractivity contribution in [3.8, 4) is 0 Å². The summed E-state index contributed by atoms with van der Waals surface area (Å²) in [5.41, 5.74) is 6.11. The Labute approximate surface area is 82.7 Å². The number of benzene rings is 1. The van der Waals surface area contributed by atoms with Crippen LogP contribution in [0, 0.1) is 5.82 Å². The van der Waals surface area contributed by atoms with Crippen molar-refractivity contribution in [1.82, 2.24) is 0 Å². The predicted octanol–water partition coefficient (Wildman–Crippen LogP) is 1.34. The maximum absolute atomic E-state index is 12.6. The third kappa shape index (κ3) is 2.70. The van der Waals surface area contributed by atoms with Crippen molar-refractivity contribution < 1.29 is 12.8 Å². The van der Waals surface area contributed by atoms with Crippen molar-refractivity contribution in [3.05, 3.63) is 29.6 Å². The van der Waals surface area contributed by atoms with Gasteiger partial charge in [-0.15, -0.1) is 0 Å². The summed E-state index contributed by atoms with van der Waals surface area (Å²) in [7, 11) is -3.11. The molecule has 14 heavy (non-hydrogen) atoms. The van der Waals surface area contributed by atoms with Crippen LogP contribution in [0.5, 0.6) is 0 Å². The average molecular weight is 217 g/mol. The molecule has 3 nitrogen and oxygen atoms in total. The molecular formula is C9H12FNO2S. The minimum absolute atomic E-state index is 0.0593. The number of sulfone groups is 1. The summed E-state index contributed by atoms with van der Waals surface area (Å²) < 4.78 is 35.1. The van der Waals surface area contributed by atoms with E-state index < -0.39 is 15.7 Å². The van der Waals surface area contributed by atoms with Gasteiger partial charge in [0.2, 0.25) is 0 Å². The molecule has 2 N–H and O–H groups in total. The van der Waals surface area contributed by atoms with E-state index in [1.165, 1.54) is 12.1 Å². The fraction of sp³-hybridized carbons (Fsp3) is 0.333. The molecule has 5 heteroatoms. The third-order valence-electron chi connectivity index (χ3n) is 1.92. The van der Waals surface area contributed by atoms with Crippen molar-refractivity contribution in [2.45, 2.75) is 12.7 Å². The number of halogens is 1. The number of nitrogen functional groups attached to an aromatic ring is 1. The lowest BCUT2D eigenvalue weighted by Crippen LogP contribution is -2.08. The molecule has 1 aromatic rings. The standard InChI is InChI=1S/C9H12FNO2S/c1-2-14(12,13)6-7-3-4-8(10)5-9(7)11/h3-5H,2,6,11H2,1H3. The highest BCUT2D eigenvalue weighted by molar-refractivity contribution is 7.90. The van der Waals surface area contributed by atoms with Crippen molar-refractivity contribution >= 4 is 15.5 Å². The summed E-state index contributed by atoms with van der Waals surface area (Å²) in [5, 5.41) is 0. The first-order valence-corrected chi connectivity index (χ1v) is 6.01. The molecule has 0 aliphatic rings. The Kier molecular flexibility index (Phi) is 3.10. The molecule has 0 aromatic heterocycles. The second-order valence-electron chi connectivity index (χ2n) is 3.02. The van der Waals surface area contributed by atoms with Gasteiger partial charge in [-0.05, 0) is 17.7 Å². The van der Waals surface area contributed by atoms with Crippen molar-refractivity contribution in [1.29, 1.82) is 0 Å². The van der Waals surface area contributed by atoms with E-state index in [4.69, 9.17) is 5.73 Å². The molecule has 78 valence electrons. The van der Waals surface area contributed by atoms with E-state index in [2.05, 4.69) is 0 Å². The maximum atomic E-state index is 12.6. The van der Waals surface area contributed by atoms with Gasteiger partial charge in [-0.3, -0.25) is 0 Å². The van der Waals surface area contributed by atoms with Gasteiger partial charge >= 0.3 is 0 Å². The molecule has 0 atom stereocenters. The van der Waals surface area contributed by atoms with E-state index in [0.29, 0.717) is 5.56 Å². The van der Waals surface area contributed by atoms with Crippen LogP contribution in [-0.2, 0) is 15.6 Å². The van der Waals surface area contributed by atoms with Crippen molar-refractivity contribution in [2.24, 2.45) is 0 Å². The molecular weight excluding hydrogens is 205 g/mol. The minimum atomic E-state index is -3.11. The van der Waals surface area contributed by atoms with Gasteiger partial charge in [-0.1, -0.05) is 13.0 Å². The fourth-order valence-corrected chi connectivity index (χ4v) is 1.98. The number of nitrogens with two attached hydrogens (primary N) is 1. The second-order valence-corrected chi connectivity index (χ2v) is 5.37. The monoisotopic (exact) mass is 217 g/mol. The largest absolute Gasteiger partial charge is 0.398 e. The lowest BCUT2D eigenvalue weighted by Gasteiger charge is -2.05. The predicted molar refractivity (Wildman–Crippen MR) is 54.0 cm³/mol. The first-order chi connectivity index (χ1) is 6.44. The van der Waals surface area contributed by atoms with E-state index in [1.54, 1.807) is 6.92 Å². The minimum Gasteiger partial charge on any atom is -0.398 e. The Morgan fingerprint density at radius 1 is 1.43 bits per heavy atom. The van der Waals surface area contributed by atoms with Gasteiger partial charge in [0.15, 0.2) is 9.84 Å². The first kappa shape index (κ1) is 11.0. The fourth-order valence-electron chi connectivity index (χ4n) is 1.04. The van der Waals surface area contributed by atoms with Crippen LogP contribution in [0.15, 0.2) is 18.2 Å². The molecule has 0 saturated heterocycles. The van der Waals surface area contributed by atoms with Gasteiger partial charge in [0.25, 0.3) is 0 Å². The SMILES string of the molecule is CCS(=O)(=O)Cc1ccc(F)cc1N. The molecule has 0 fully saturated rings. The van der Waals surface area contributed by atoms with E-state index in [0.717, 1.165) is 6.07 Å². The van der Waals surface area contributed by atoms with Crippen LogP contribution in [0.1, 0.15) is 12.5 Å². The van der Waals surface area contributed by atoms with E-state index in [9.17, 15) is 12.8 Å². The number of hydrogen-bond donors (Lipinski definition) is 1. The van der Waals surface area contributed by atoms with E-state index >= 15 is 0 Å². The number of hydrogen-bond acceptors (Lipinski definition) is 3. The van der Waals surface area contributed by atoms with E-state index in [-0.39, 0.29) is 17.2 Å². The molecule has 1 aromatic carbocycles.